The molecule has 0 aromatic heterocycles. The Hall–Kier alpha value is -2.92. The van der Waals surface area contributed by atoms with Crippen LogP contribution in [-0.4, -0.2) is 24.5 Å². The standard InChI is InChI=1S/C22H26N2O3/c1-6-20(25)24(5)19-13-9-17(10-14-19)21(26)23-18-11-7-16(8-12-18)15-27-22(2,3)4/h6-14H,1,15H2,2-5H3,(H,23,26). The molecule has 0 saturated heterocycles. The number of ether oxygens (including phenoxy) is 1. The van der Waals surface area contributed by atoms with E-state index in [1.807, 2.05) is 45.0 Å². The summed E-state index contributed by atoms with van der Waals surface area (Å²) >= 11 is 0. The molecule has 2 rings (SSSR count). The topological polar surface area (TPSA) is 58.6 Å². The van der Waals surface area contributed by atoms with Crippen molar-refractivity contribution in [3.05, 3.63) is 72.3 Å². The zero-order chi connectivity index (χ0) is 20.0. The second kappa shape index (κ2) is 8.64. The molecule has 5 nitrogen and oxygen atoms in total. The van der Waals surface area contributed by atoms with E-state index in [9.17, 15) is 9.59 Å². The number of carbonyl (C=O) groups excluding carboxylic acids is 2. The SMILES string of the molecule is C=CC(=O)N(C)c1ccc(C(=O)Nc2ccc(COC(C)(C)C)cc2)cc1. The maximum Gasteiger partial charge on any atom is 0.255 e. The van der Waals surface area contributed by atoms with E-state index in [2.05, 4.69) is 11.9 Å². The molecule has 0 aliphatic carbocycles. The summed E-state index contributed by atoms with van der Waals surface area (Å²) in [6.45, 7) is 10.0. The van der Waals surface area contributed by atoms with Crippen LogP contribution in [0.3, 0.4) is 0 Å². The summed E-state index contributed by atoms with van der Waals surface area (Å²) < 4.78 is 5.74. The van der Waals surface area contributed by atoms with Gasteiger partial charge in [-0.3, -0.25) is 9.59 Å². The maximum absolute atomic E-state index is 12.4. The third-order valence-electron chi connectivity index (χ3n) is 3.91. The van der Waals surface area contributed by atoms with Gasteiger partial charge in [-0.2, -0.15) is 0 Å². The zero-order valence-corrected chi connectivity index (χ0v) is 16.3. The summed E-state index contributed by atoms with van der Waals surface area (Å²) in [5.41, 5.74) is 2.77. The molecule has 0 fully saturated rings. The third-order valence-corrected chi connectivity index (χ3v) is 3.91. The minimum Gasteiger partial charge on any atom is -0.371 e. The first-order valence-corrected chi connectivity index (χ1v) is 8.74. The lowest BCUT2D eigenvalue weighted by molar-refractivity contribution is -0.113. The van der Waals surface area contributed by atoms with Crippen molar-refractivity contribution in [2.45, 2.75) is 33.0 Å². The van der Waals surface area contributed by atoms with Gasteiger partial charge in [-0.05, 0) is 68.8 Å². The predicted octanol–water partition coefficient (Wildman–Crippen LogP) is 4.40. The van der Waals surface area contributed by atoms with Crippen molar-refractivity contribution in [3.8, 4) is 0 Å². The van der Waals surface area contributed by atoms with Crippen LogP contribution in [0.5, 0.6) is 0 Å². The molecule has 0 aliphatic rings. The number of nitrogens with zero attached hydrogens (tertiary/aromatic N) is 1. The second-order valence-electron chi connectivity index (χ2n) is 7.20. The molecular weight excluding hydrogens is 340 g/mol. The predicted molar refractivity (Wildman–Crippen MR) is 109 cm³/mol. The maximum atomic E-state index is 12.4. The molecule has 0 heterocycles. The van der Waals surface area contributed by atoms with Gasteiger partial charge in [-0.15, -0.1) is 0 Å². The van der Waals surface area contributed by atoms with Gasteiger partial charge in [0.2, 0.25) is 5.91 Å². The summed E-state index contributed by atoms with van der Waals surface area (Å²) in [6, 6.07) is 14.4. The van der Waals surface area contributed by atoms with Crippen molar-refractivity contribution in [2.75, 3.05) is 17.3 Å². The van der Waals surface area contributed by atoms with Crippen LogP contribution in [0.4, 0.5) is 11.4 Å². The molecule has 0 unspecified atom stereocenters. The lowest BCUT2D eigenvalue weighted by atomic mass is 10.1. The van der Waals surface area contributed by atoms with Crippen molar-refractivity contribution in [1.29, 1.82) is 0 Å². The number of amides is 2. The molecule has 2 aromatic rings. The molecule has 142 valence electrons. The first-order chi connectivity index (χ1) is 12.7. The van der Waals surface area contributed by atoms with Crippen molar-refractivity contribution in [2.24, 2.45) is 0 Å². The van der Waals surface area contributed by atoms with Gasteiger partial charge in [0.05, 0.1) is 12.2 Å². The normalized spacial score (nSPS) is 11.0. The van der Waals surface area contributed by atoms with E-state index in [-0.39, 0.29) is 17.4 Å². The number of carbonyl (C=O) groups is 2. The van der Waals surface area contributed by atoms with E-state index >= 15 is 0 Å². The molecule has 0 atom stereocenters. The van der Waals surface area contributed by atoms with Gasteiger partial charge >= 0.3 is 0 Å². The van der Waals surface area contributed by atoms with E-state index in [1.54, 1.807) is 31.3 Å². The van der Waals surface area contributed by atoms with Crippen molar-refractivity contribution in [1.82, 2.24) is 0 Å². The second-order valence-corrected chi connectivity index (χ2v) is 7.20. The fourth-order valence-corrected chi connectivity index (χ4v) is 2.29. The highest BCUT2D eigenvalue weighted by Crippen LogP contribution is 2.17. The zero-order valence-electron chi connectivity index (χ0n) is 16.3. The number of benzene rings is 2. The van der Waals surface area contributed by atoms with Gasteiger partial charge in [0.25, 0.3) is 5.91 Å². The van der Waals surface area contributed by atoms with Crippen LogP contribution < -0.4 is 10.2 Å². The molecule has 0 spiro atoms. The van der Waals surface area contributed by atoms with E-state index in [1.165, 1.54) is 11.0 Å². The Labute approximate surface area is 160 Å². The number of hydrogen-bond acceptors (Lipinski definition) is 3. The number of likely N-dealkylation sites (N-methyl/N-ethyl adjacent to an activating group) is 1. The van der Waals surface area contributed by atoms with Crippen LogP contribution in [0.1, 0.15) is 36.7 Å². The summed E-state index contributed by atoms with van der Waals surface area (Å²) in [4.78, 5) is 25.5. The van der Waals surface area contributed by atoms with Gasteiger partial charge in [0.1, 0.15) is 0 Å². The van der Waals surface area contributed by atoms with Gasteiger partial charge in [-0.25, -0.2) is 0 Å². The first-order valence-electron chi connectivity index (χ1n) is 8.74. The van der Waals surface area contributed by atoms with Gasteiger partial charge < -0.3 is 15.0 Å². The lowest BCUT2D eigenvalue weighted by Gasteiger charge is -2.19. The van der Waals surface area contributed by atoms with Crippen LogP contribution in [0.2, 0.25) is 0 Å². The average Bonchev–Trinajstić information content (AvgIpc) is 2.65. The molecule has 1 N–H and O–H groups in total. The van der Waals surface area contributed by atoms with Crippen LogP contribution in [0.15, 0.2) is 61.2 Å². The Morgan fingerprint density at radius 2 is 1.67 bits per heavy atom. The highest BCUT2D eigenvalue weighted by molar-refractivity contribution is 6.05. The van der Waals surface area contributed by atoms with Crippen LogP contribution in [0.25, 0.3) is 0 Å². The number of nitrogens with one attached hydrogen (secondary N) is 1. The molecule has 0 aliphatic heterocycles. The fourth-order valence-electron chi connectivity index (χ4n) is 2.29. The number of anilines is 2. The minimum atomic E-state index is -0.210. The monoisotopic (exact) mass is 366 g/mol. The van der Waals surface area contributed by atoms with Crippen LogP contribution in [0, 0.1) is 0 Å². The summed E-state index contributed by atoms with van der Waals surface area (Å²) in [7, 11) is 1.66. The van der Waals surface area contributed by atoms with Gasteiger partial charge in [-0.1, -0.05) is 18.7 Å². The fraction of sp³-hybridized carbons (Fsp3) is 0.273. The third kappa shape index (κ3) is 6.08. The summed E-state index contributed by atoms with van der Waals surface area (Å²) in [5.74, 6) is -0.416. The van der Waals surface area contributed by atoms with E-state index in [4.69, 9.17) is 4.74 Å². The highest BCUT2D eigenvalue weighted by Gasteiger charge is 2.11. The Balaban J connectivity index is 1.98. The van der Waals surface area contributed by atoms with Crippen LogP contribution >= 0.6 is 0 Å². The molecule has 0 saturated carbocycles. The van der Waals surface area contributed by atoms with Crippen molar-refractivity contribution < 1.29 is 14.3 Å². The Morgan fingerprint density at radius 3 is 2.19 bits per heavy atom. The van der Waals surface area contributed by atoms with E-state index < -0.39 is 0 Å². The Morgan fingerprint density at radius 1 is 1.07 bits per heavy atom. The van der Waals surface area contributed by atoms with Crippen molar-refractivity contribution in [3.63, 3.8) is 0 Å². The van der Waals surface area contributed by atoms with Gasteiger partial charge in [0, 0.05) is 24.0 Å². The Kier molecular flexibility index (Phi) is 6.53. The molecule has 0 bridgehead atoms. The largest absolute Gasteiger partial charge is 0.371 e. The molecule has 0 radical (unpaired) electrons. The van der Waals surface area contributed by atoms with Crippen molar-refractivity contribution >= 4 is 23.2 Å². The van der Waals surface area contributed by atoms with E-state index in [0.29, 0.717) is 23.5 Å². The van der Waals surface area contributed by atoms with Crippen LogP contribution in [-0.2, 0) is 16.1 Å². The molecule has 2 aromatic carbocycles. The number of hydrogen-bond donors (Lipinski definition) is 1. The molecule has 27 heavy (non-hydrogen) atoms. The van der Waals surface area contributed by atoms with Gasteiger partial charge in [0.15, 0.2) is 0 Å². The summed E-state index contributed by atoms with van der Waals surface area (Å²) in [5, 5.41) is 2.86. The Bertz CT molecular complexity index is 803. The smallest absolute Gasteiger partial charge is 0.255 e. The first kappa shape index (κ1) is 20.4. The summed E-state index contributed by atoms with van der Waals surface area (Å²) in [6.07, 6.45) is 1.25. The highest BCUT2D eigenvalue weighted by atomic mass is 16.5. The molecule has 2 amide bonds. The molecule has 5 heteroatoms. The quantitative estimate of drug-likeness (QED) is 0.771. The number of rotatable bonds is 6. The molecular formula is C22H26N2O3. The minimum absolute atomic E-state index is 0.191. The van der Waals surface area contributed by atoms with E-state index in [0.717, 1.165) is 5.56 Å². The lowest BCUT2D eigenvalue weighted by Crippen LogP contribution is -2.23. The average molecular weight is 366 g/mol.